The van der Waals surface area contributed by atoms with E-state index in [2.05, 4.69) is 39.7 Å². The van der Waals surface area contributed by atoms with Gasteiger partial charge in [0.15, 0.2) is 5.96 Å². The third-order valence-corrected chi connectivity index (χ3v) is 5.23. The lowest BCUT2D eigenvalue weighted by Gasteiger charge is -2.27. The van der Waals surface area contributed by atoms with Crippen molar-refractivity contribution in [2.24, 2.45) is 4.99 Å². The summed E-state index contributed by atoms with van der Waals surface area (Å²) in [5, 5.41) is 11.8. The lowest BCUT2D eigenvalue weighted by Crippen LogP contribution is -2.39. The average Bonchev–Trinajstić information content (AvgIpc) is 3.39. The van der Waals surface area contributed by atoms with Crippen LogP contribution in [-0.4, -0.2) is 53.4 Å². The Labute approximate surface area is 173 Å². The van der Waals surface area contributed by atoms with E-state index in [4.69, 9.17) is 16.6 Å². The minimum Gasteiger partial charge on any atom is -0.357 e. The monoisotopic (exact) mass is 402 g/mol. The van der Waals surface area contributed by atoms with Crippen molar-refractivity contribution >= 4 is 17.6 Å². The van der Waals surface area contributed by atoms with E-state index in [1.807, 2.05) is 35.3 Å². The Morgan fingerprint density at radius 1 is 1.25 bits per heavy atom. The quantitative estimate of drug-likeness (QED) is 0.384. The number of hydrogen-bond acceptors (Lipinski definition) is 3. The summed E-state index contributed by atoms with van der Waals surface area (Å²) < 4.78 is 1.95. The second-order valence-electron chi connectivity index (χ2n) is 7.08. The standard InChI is InChI=1S/C21H31ClN6/c1-2-23-21(24-10-6-14-28-15-7-11-26-28)25-17-20(27-12-3-4-13-27)18-8-5-9-19(22)16-18/h5,7-9,11,15-16,20H,2-4,6,10,12-14,17H2,1H3,(H2,23,24,25). The molecular formula is C21H31ClN6. The molecule has 1 aliphatic rings. The highest BCUT2D eigenvalue weighted by Gasteiger charge is 2.23. The molecule has 1 fully saturated rings. The third kappa shape index (κ3) is 6.24. The van der Waals surface area contributed by atoms with E-state index in [1.54, 1.807) is 0 Å². The molecule has 0 bridgehead atoms. The van der Waals surface area contributed by atoms with E-state index in [0.29, 0.717) is 0 Å². The van der Waals surface area contributed by atoms with Gasteiger partial charge in [-0.3, -0.25) is 14.6 Å². The molecular weight excluding hydrogens is 372 g/mol. The SMILES string of the molecule is CCNC(=NCC(c1cccc(Cl)c1)N1CCCC1)NCCCn1cccn1. The van der Waals surface area contributed by atoms with Crippen LogP contribution in [-0.2, 0) is 6.54 Å². The van der Waals surface area contributed by atoms with E-state index < -0.39 is 0 Å². The number of nitrogens with one attached hydrogen (secondary N) is 2. The molecule has 28 heavy (non-hydrogen) atoms. The molecule has 1 atom stereocenters. The summed E-state index contributed by atoms with van der Waals surface area (Å²) in [5.74, 6) is 0.870. The van der Waals surface area contributed by atoms with Crippen LogP contribution in [0.5, 0.6) is 0 Å². The molecule has 0 amide bonds. The van der Waals surface area contributed by atoms with Gasteiger partial charge in [-0.1, -0.05) is 23.7 Å². The molecule has 2 aromatic rings. The number of aromatic nitrogens is 2. The summed E-state index contributed by atoms with van der Waals surface area (Å²) in [4.78, 5) is 7.41. The highest BCUT2D eigenvalue weighted by Crippen LogP contribution is 2.27. The average molecular weight is 403 g/mol. The van der Waals surface area contributed by atoms with Gasteiger partial charge in [0.25, 0.3) is 0 Å². The van der Waals surface area contributed by atoms with Gasteiger partial charge in [0, 0.05) is 37.1 Å². The maximum absolute atomic E-state index is 6.25. The molecule has 6 nitrogen and oxygen atoms in total. The number of halogens is 1. The molecule has 1 aromatic heterocycles. The van der Waals surface area contributed by atoms with E-state index in [1.165, 1.54) is 18.4 Å². The summed E-state index contributed by atoms with van der Waals surface area (Å²) in [6.45, 7) is 7.66. The molecule has 152 valence electrons. The number of guanidine groups is 1. The largest absolute Gasteiger partial charge is 0.357 e. The first-order valence-electron chi connectivity index (χ1n) is 10.3. The summed E-state index contributed by atoms with van der Waals surface area (Å²) in [6.07, 6.45) is 7.31. The molecule has 0 spiro atoms. The first-order chi connectivity index (χ1) is 13.8. The topological polar surface area (TPSA) is 57.5 Å². The number of aryl methyl sites for hydroxylation is 1. The van der Waals surface area contributed by atoms with Gasteiger partial charge < -0.3 is 10.6 Å². The predicted octanol–water partition coefficient (Wildman–Crippen LogP) is 3.32. The number of aliphatic imine (C=N–C) groups is 1. The Morgan fingerprint density at radius 2 is 2.11 bits per heavy atom. The fourth-order valence-electron chi connectivity index (χ4n) is 3.60. The second-order valence-corrected chi connectivity index (χ2v) is 7.52. The van der Waals surface area contributed by atoms with Gasteiger partial charge in [-0.15, -0.1) is 0 Å². The van der Waals surface area contributed by atoms with E-state index in [9.17, 15) is 0 Å². The van der Waals surface area contributed by atoms with Crippen molar-refractivity contribution in [3.63, 3.8) is 0 Å². The lowest BCUT2D eigenvalue weighted by atomic mass is 10.1. The predicted molar refractivity (Wildman–Crippen MR) is 116 cm³/mol. The van der Waals surface area contributed by atoms with Gasteiger partial charge in [-0.05, 0) is 63.0 Å². The molecule has 1 aromatic carbocycles. The maximum atomic E-state index is 6.25. The van der Waals surface area contributed by atoms with Crippen molar-refractivity contribution in [3.8, 4) is 0 Å². The summed E-state index contributed by atoms with van der Waals surface area (Å²) in [7, 11) is 0. The fraction of sp³-hybridized carbons (Fsp3) is 0.524. The summed E-state index contributed by atoms with van der Waals surface area (Å²) >= 11 is 6.25. The number of benzene rings is 1. The van der Waals surface area contributed by atoms with Crippen molar-refractivity contribution in [2.45, 2.75) is 38.8 Å². The summed E-state index contributed by atoms with van der Waals surface area (Å²) in [5.41, 5.74) is 1.24. The highest BCUT2D eigenvalue weighted by atomic mass is 35.5. The van der Waals surface area contributed by atoms with Gasteiger partial charge in [-0.2, -0.15) is 5.10 Å². The Balaban J connectivity index is 1.60. The zero-order valence-corrected chi connectivity index (χ0v) is 17.4. The number of likely N-dealkylation sites (tertiary alicyclic amines) is 1. The van der Waals surface area contributed by atoms with Crippen molar-refractivity contribution in [3.05, 3.63) is 53.3 Å². The minimum absolute atomic E-state index is 0.265. The second kappa shape index (κ2) is 11.1. The maximum Gasteiger partial charge on any atom is 0.191 e. The molecule has 1 saturated heterocycles. The molecule has 2 N–H and O–H groups in total. The van der Waals surface area contributed by atoms with E-state index in [-0.39, 0.29) is 6.04 Å². The molecule has 2 heterocycles. The molecule has 0 aliphatic carbocycles. The Morgan fingerprint density at radius 3 is 2.82 bits per heavy atom. The van der Waals surface area contributed by atoms with Crippen LogP contribution in [0.25, 0.3) is 0 Å². The van der Waals surface area contributed by atoms with Crippen molar-refractivity contribution < 1.29 is 0 Å². The van der Waals surface area contributed by atoms with Crippen molar-refractivity contribution in [2.75, 3.05) is 32.7 Å². The molecule has 1 unspecified atom stereocenters. The Kier molecular flexibility index (Phi) is 8.18. The van der Waals surface area contributed by atoms with Crippen molar-refractivity contribution in [1.29, 1.82) is 0 Å². The van der Waals surface area contributed by atoms with Crippen LogP contribution in [0, 0.1) is 0 Å². The van der Waals surface area contributed by atoms with Gasteiger partial charge in [0.2, 0.25) is 0 Å². The Bertz CT molecular complexity index is 724. The normalized spacial score (nSPS) is 16.3. The van der Waals surface area contributed by atoms with Crippen LogP contribution in [0.4, 0.5) is 0 Å². The van der Waals surface area contributed by atoms with E-state index >= 15 is 0 Å². The van der Waals surface area contributed by atoms with E-state index in [0.717, 1.165) is 56.7 Å². The minimum atomic E-state index is 0.265. The smallest absolute Gasteiger partial charge is 0.191 e. The van der Waals surface area contributed by atoms with Crippen LogP contribution in [0.3, 0.4) is 0 Å². The van der Waals surface area contributed by atoms with Gasteiger partial charge in [-0.25, -0.2) is 0 Å². The zero-order valence-electron chi connectivity index (χ0n) is 16.6. The molecule has 1 aliphatic heterocycles. The number of nitrogens with zero attached hydrogens (tertiary/aromatic N) is 4. The lowest BCUT2D eigenvalue weighted by molar-refractivity contribution is 0.251. The first kappa shape index (κ1) is 20.7. The molecule has 7 heteroatoms. The Hall–Kier alpha value is -2.05. The van der Waals surface area contributed by atoms with Crippen molar-refractivity contribution in [1.82, 2.24) is 25.3 Å². The fourth-order valence-corrected chi connectivity index (χ4v) is 3.80. The highest BCUT2D eigenvalue weighted by molar-refractivity contribution is 6.30. The van der Waals surface area contributed by atoms with Gasteiger partial charge in [0.1, 0.15) is 0 Å². The third-order valence-electron chi connectivity index (χ3n) is 5.00. The zero-order chi connectivity index (χ0) is 19.6. The summed E-state index contributed by atoms with van der Waals surface area (Å²) in [6, 6.07) is 10.4. The number of rotatable bonds is 9. The van der Waals surface area contributed by atoms with Gasteiger partial charge >= 0.3 is 0 Å². The molecule has 0 radical (unpaired) electrons. The molecule has 0 saturated carbocycles. The first-order valence-corrected chi connectivity index (χ1v) is 10.6. The van der Waals surface area contributed by atoms with Gasteiger partial charge in [0.05, 0.1) is 12.6 Å². The van der Waals surface area contributed by atoms with Crippen LogP contribution in [0.2, 0.25) is 5.02 Å². The molecule has 3 rings (SSSR count). The van der Waals surface area contributed by atoms with Crippen LogP contribution >= 0.6 is 11.6 Å². The van der Waals surface area contributed by atoms with Crippen LogP contribution in [0.15, 0.2) is 47.7 Å². The number of hydrogen-bond donors (Lipinski definition) is 2. The van der Waals surface area contributed by atoms with Crippen LogP contribution < -0.4 is 10.6 Å². The van der Waals surface area contributed by atoms with Crippen LogP contribution in [0.1, 0.15) is 37.8 Å².